The molecule has 0 aromatic rings. The van der Waals surface area contributed by atoms with Gasteiger partial charge in [0.1, 0.15) is 0 Å². The molecule has 1 aliphatic carbocycles. The zero-order valence-corrected chi connectivity index (χ0v) is 11.1. The maximum absolute atomic E-state index is 10.4. The van der Waals surface area contributed by atoms with E-state index in [2.05, 4.69) is 11.8 Å². The molecule has 1 saturated carbocycles. The Bertz CT molecular complexity index is 236. The molecule has 100 valence electrons. The standard InChI is InChI=1S/C14H27NO2/c1-2-7-14(17)8-10-15(11-9-14)12-5-3-4-6-13(12)16/h12-13,16-17H,2-11H2,1H3/t12-,13-/m0/s1. The molecule has 2 fully saturated rings. The SMILES string of the molecule is CCCC1(O)CCN([C@H]2CCCC[C@@H]2O)CC1. The minimum Gasteiger partial charge on any atom is -0.391 e. The Balaban J connectivity index is 1.85. The predicted molar refractivity (Wildman–Crippen MR) is 68.9 cm³/mol. The number of aliphatic hydroxyl groups excluding tert-OH is 1. The Morgan fingerprint density at radius 3 is 2.41 bits per heavy atom. The van der Waals surface area contributed by atoms with Gasteiger partial charge in [0, 0.05) is 19.1 Å². The molecule has 1 saturated heterocycles. The first-order chi connectivity index (χ1) is 8.14. The highest BCUT2D eigenvalue weighted by Crippen LogP contribution is 2.31. The maximum Gasteiger partial charge on any atom is 0.0695 e. The van der Waals surface area contributed by atoms with Crippen LogP contribution in [0.25, 0.3) is 0 Å². The molecular formula is C14H27NO2. The van der Waals surface area contributed by atoms with Crippen molar-refractivity contribution in [2.75, 3.05) is 13.1 Å². The summed E-state index contributed by atoms with van der Waals surface area (Å²) in [5.41, 5.74) is -0.426. The number of hydrogen-bond acceptors (Lipinski definition) is 3. The van der Waals surface area contributed by atoms with Gasteiger partial charge in [-0.25, -0.2) is 0 Å². The van der Waals surface area contributed by atoms with Crippen molar-refractivity contribution in [1.29, 1.82) is 0 Å². The van der Waals surface area contributed by atoms with E-state index in [4.69, 9.17) is 0 Å². The van der Waals surface area contributed by atoms with Gasteiger partial charge in [-0.2, -0.15) is 0 Å². The normalized spacial score (nSPS) is 34.8. The molecule has 17 heavy (non-hydrogen) atoms. The molecule has 0 unspecified atom stereocenters. The monoisotopic (exact) mass is 241 g/mol. The molecule has 0 amide bonds. The van der Waals surface area contributed by atoms with E-state index in [1.807, 2.05) is 0 Å². The van der Waals surface area contributed by atoms with Crippen LogP contribution in [0, 0.1) is 0 Å². The van der Waals surface area contributed by atoms with Gasteiger partial charge in [0.2, 0.25) is 0 Å². The van der Waals surface area contributed by atoms with Crippen molar-refractivity contribution < 1.29 is 10.2 Å². The van der Waals surface area contributed by atoms with Crippen LogP contribution in [0.1, 0.15) is 58.3 Å². The van der Waals surface area contributed by atoms with Crippen molar-refractivity contribution in [3.05, 3.63) is 0 Å². The van der Waals surface area contributed by atoms with Gasteiger partial charge in [-0.15, -0.1) is 0 Å². The number of likely N-dealkylation sites (tertiary alicyclic amines) is 1. The number of nitrogens with zero attached hydrogens (tertiary/aromatic N) is 1. The second kappa shape index (κ2) is 5.68. The minimum atomic E-state index is -0.426. The van der Waals surface area contributed by atoms with Crippen LogP contribution in [0.4, 0.5) is 0 Å². The lowest BCUT2D eigenvalue weighted by Gasteiger charge is -2.44. The minimum absolute atomic E-state index is 0.138. The molecule has 3 heteroatoms. The average Bonchev–Trinajstić information content (AvgIpc) is 2.31. The highest BCUT2D eigenvalue weighted by molar-refractivity contribution is 4.91. The van der Waals surface area contributed by atoms with Gasteiger partial charge in [-0.05, 0) is 32.1 Å². The van der Waals surface area contributed by atoms with Gasteiger partial charge in [0.05, 0.1) is 11.7 Å². The van der Waals surface area contributed by atoms with Gasteiger partial charge >= 0.3 is 0 Å². The molecule has 1 aliphatic heterocycles. The second-order valence-corrected chi connectivity index (χ2v) is 5.93. The fourth-order valence-electron chi connectivity index (χ4n) is 3.50. The van der Waals surface area contributed by atoms with Crippen LogP contribution in [0.5, 0.6) is 0 Å². The van der Waals surface area contributed by atoms with Crippen LogP contribution < -0.4 is 0 Å². The van der Waals surface area contributed by atoms with Crippen molar-refractivity contribution in [1.82, 2.24) is 4.90 Å². The zero-order chi connectivity index (χ0) is 12.3. The lowest BCUT2D eigenvalue weighted by atomic mass is 9.84. The van der Waals surface area contributed by atoms with Gasteiger partial charge in [0.25, 0.3) is 0 Å². The number of piperidine rings is 1. The van der Waals surface area contributed by atoms with Crippen LogP contribution >= 0.6 is 0 Å². The topological polar surface area (TPSA) is 43.7 Å². The zero-order valence-electron chi connectivity index (χ0n) is 11.1. The average molecular weight is 241 g/mol. The largest absolute Gasteiger partial charge is 0.391 e. The number of rotatable bonds is 3. The summed E-state index contributed by atoms with van der Waals surface area (Å²) in [6, 6.07) is 0.356. The lowest BCUT2D eigenvalue weighted by molar-refractivity contribution is -0.0610. The summed E-state index contributed by atoms with van der Waals surface area (Å²) >= 11 is 0. The van der Waals surface area contributed by atoms with Crippen LogP contribution in [-0.2, 0) is 0 Å². The van der Waals surface area contributed by atoms with Crippen LogP contribution in [0.2, 0.25) is 0 Å². The number of hydrogen-bond donors (Lipinski definition) is 2. The summed E-state index contributed by atoms with van der Waals surface area (Å²) in [5, 5.41) is 20.4. The highest BCUT2D eigenvalue weighted by atomic mass is 16.3. The van der Waals surface area contributed by atoms with Gasteiger partial charge in [-0.1, -0.05) is 26.2 Å². The Labute approximate surface area is 105 Å². The van der Waals surface area contributed by atoms with E-state index in [1.165, 1.54) is 12.8 Å². The van der Waals surface area contributed by atoms with E-state index in [0.717, 1.165) is 51.6 Å². The molecule has 0 radical (unpaired) electrons. The van der Waals surface area contributed by atoms with Crippen LogP contribution in [-0.4, -0.2) is 45.9 Å². The summed E-state index contributed by atoms with van der Waals surface area (Å²) < 4.78 is 0. The molecule has 1 heterocycles. The lowest BCUT2D eigenvalue weighted by Crippen LogP contribution is -2.52. The molecule has 2 aliphatic rings. The van der Waals surface area contributed by atoms with E-state index >= 15 is 0 Å². The van der Waals surface area contributed by atoms with Crippen molar-refractivity contribution in [2.24, 2.45) is 0 Å². The maximum atomic E-state index is 10.4. The molecule has 0 bridgehead atoms. The Kier molecular flexibility index (Phi) is 4.45. The van der Waals surface area contributed by atoms with Gasteiger partial charge in [-0.3, -0.25) is 4.90 Å². The first-order valence-electron chi connectivity index (χ1n) is 7.29. The highest BCUT2D eigenvalue weighted by Gasteiger charge is 2.36. The third-order valence-electron chi connectivity index (χ3n) is 4.61. The van der Waals surface area contributed by atoms with E-state index < -0.39 is 5.60 Å². The van der Waals surface area contributed by atoms with E-state index in [-0.39, 0.29) is 6.10 Å². The van der Waals surface area contributed by atoms with Crippen LogP contribution in [0.3, 0.4) is 0 Å². The van der Waals surface area contributed by atoms with Crippen molar-refractivity contribution in [2.45, 2.75) is 76.0 Å². The molecule has 0 aromatic carbocycles. The predicted octanol–water partition coefficient (Wildman–Crippen LogP) is 1.92. The van der Waals surface area contributed by atoms with E-state index in [9.17, 15) is 10.2 Å². The summed E-state index contributed by atoms with van der Waals surface area (Å²) in [7, 11) is 0. The molecular weight excluding hydrogens is 214 g/mol. The summed E-state index contributed by atoms with van der Waals surface area (Å²) in [6.45, 7) is 4.05. The second-order valence-electron chi connectivity index (χ2n) is 5.93. The van der Waals surface area contributed by atoms with Crippen molar-refractivity contribution in [3.8, 4) is 0 Å². The molecule has 2 rings (SSSR count). The quantitative estimate of drug-likeness (QED) is 0.793. The van der Waals surface area contributed by atoms with Crippen molar-refractivity contribution >= 4 is 0 Å². The van der Waals surface area contributed by atoms with Crippen molar-refractivity contribution in [3.63, 3.8) is 0 Å². The Morgan fingerprint density at radius 1 is 1.18 bits per heavy atom. The first kappa shape index (κ1) is 13.3. The third kappa shape index (κ3) is 3.21. The smallest absolute Gasteiger partial charge is 0.0695 e. The van der Waals surface area contributed by atoms with Gasteiger partial charge < -0.3 is 10.2 Å². The summed E-state index contributed by atoms with van der Waals surface area (Å²) in [6.07, 6.45) is 8.11. The Morgan fingerprint density at radius 2 is 1.82 bits per heavy atom. The van der Waals surface area contributed by atoms with Crippen LogP contribution in [0.15, 0.2) is 0 Å². The molecule has 0 aromatic heterocycles. The molecule has 3 nitrogen and oxygen atoms in total. The molecule has 2 N–H and O–H groups in total. The third-order valence-corrected chi connectivity index (χ3v) is 4.61. The summed E-state index contributed by atoms with van der Waals surface area (Å²) in [4.78, 5) is 2.41. The fourth-order valence-corrected chi connectivity index (χ4v) is 3.50. The number of aliphatic hydroxyl groups is 2. The molecule has 0 spiro atoms. The van der Waals surface area contributed by atoms with E-state index in [1.54, 1.807) is 0 Å². The summed E-state index contributed by atoms with van der Waals surface area (Å²) in [5.74, 6) is 0. The van der Waals surface area contributed by atoms with Gasteiger partial charge in [0.15, 0.2) is 0 Å². The first-order valence-corrected chi connectivity index (χ1v) is 7.29. The Hall–Kier alpha value is -0.120. The van der Waals surface area contributed by atoms with E-state index in [0.29, 0.717) is 6.04 Å². The molecule has 2 atom stereocenters. The fraction of sp³-hybridized carbons (Fsp3) is 1.00.